The lowest BCUT2D eigenvalue weighted by Gasteiger charge is -2.32. The molecule has 2 aliphatic carbocycles. The Morgan fingerprint density at radius 2 is 1.95 bits per heavy atom. The van der Waals surface area contributed by atoms with E-state index < -0.39 is 35.7 Å². The van der Waals surface area contributed by atoms with Crippen molar-refractivity contribution in [2.24, 2.45) is 5.92 Å². The highest BCUT2D eigenvalue weighted by Crippen LogP contribution is 2.45. The summed E-state index contributed by atoms with van der Waals surface area (Å²) in [5.41, 5.74) is 3.48. The van der Waals surface area contributed by atoms with Crippen LogP contribution >= 0.6 is 0 Å². The number of halogens is 2. The topological polar surface area (TPSA) is 108 Å². The van der Waals surface area contributed by atoms with Crippen molar-refractivity contribution in [1.82, 2.24) is 20.9 Å². The van der Waals surface area contributed by atoms with Crippen LogP contribution in [0.5, 0.6) is 0 Å². The second kappa shape index (κ2) is 9.39. The van der Waals surface area contributed by atoms with Gasteiger partial charge in [0.05, 0.1) is 0 Å². The zero-order valence-electron chi connectivity index (χ0n) is 20.5. The maximum atomic E-state index is 15.3. The fourth-order valence-electron chi connectivity index (χ4n) is 5.47. The Morgan fingerprint density at radius 1 is 1.19 bits per heavy atom. The van der Waals surface area contributed by atoms with Crippen LogP contribution in [0.1, 0.15) is 44.9 Å². The lowest BCUT2D eigenvalue weighted by atomic mass is 9.91. The van der Waals surface area contributed by atoms with E-state index >= 15 is 8.78 Å². The maximum Gasteiger partial charge on any atom is 0.347 e. The SMILES string of the molecule is C=C(/C=C1/CN(C2CCC(=O)NC2=O)C(=O)C1=C)CNC(=O)C(F)(F)C1NC2=C(C3CC3)C=C1CCC2. The molecule has 6 rings (SSSR count). The van der Waals surface area contributed by atoms with Crippen LogP contribution in [-0.2, 0) is 19.2 Å². The van der Waals surface area contributed by atoms with Gasteiger partial charge < -0.3 is 15.5 Å². The van der Waals surface area contributed by atoms with Crippen LogP contribution in [0, 0.1) is 5.92 Å². The van der Waals surface area contributed by atoms with Gasteiger partial charge in [0.15, 0.2) is 0 Å². The number of rotatable bonds is 7. The normalized spacial score (nSPS) is 27.2. The highest BCUT2D eigenvalue weighted by Gasteiger charge is 2.51. The third-order valence-corrected chi connectivity index (χ3v) is 7.64. The van der Waals surface area contributed by atoms with E-state index in [0.29, 0.717) is 35.5 Å². The minimum absolute atomic E-state index is 0.0751. The zero-order valence-corrected chi connectivity index (χ0v) is 20.5. The van der Waals surface area contributed by atoms with Gasteiger partial charge in [-0.15, -0.1) is 0 Å². The van der Waals surface area contributed by atoms with E-state index in [9.17, 15) is 19.2 Å². The molecule has 2 unspecified atom stereocenters. The molecule has 3 saturated heterocycles. The predicted octanol–water partition coefficient (Wildman–Crippen LogP) is 2.17. The first-order valence-electron chi connectivity index (χ1n) is 12.6. The van der Waals surface area contributed by atoms with Crippen LogP contribution in [0.4, 0.5) is 8.78 Å². The molecule has 37 heavy (non-hydrogen) atoms. The Balaban J connectivity index is 1.20. The Labute approximate surface area is 213 Å². The van der Waals surface area contributed by atoms with Gasteiger partial charge >= 0.3 is 5.92 Å². The highest BCUT2D eigenvalue weighted by atomic mass is 19.3. The van der Waals surface area contributed by atoms with Gasteiger partial charge in [0.2, 0.25) is 11.8 Å². The van der Waals surface area contributed by atoms with Crippen molar-refractivity contribution in [2.45, 2.75) is 63.0 Å². The number of imide groups is 1. The van der Waals surface area contributed by atoms with Crippen LogP contribution in [0.15, 0.2) is 58.9 Å². The number of nitrogens with one attached hydrogen (secondary N) is 3. The Morgan fingerprint density at radius 3 is 2.65 bits per heavy atom. The minimum Gasteiger partial charge on any atom is -0.376 e. The summed E-state index contributed by atoms with van der Waals surface area (Å²) in [6.45, 7) is 7.45. The molecule has 4 heterocycles. The summed E-state index contributed by atoms with van der Waals surface area (Å²) in [4.78, 5) is 50.2. The summed E-state index contributed by atoms with van der Waals surface area (Å²) >= 11 is 0. The van der Waals surface area contributed by atoms with Crippen molar-refractivity contribution >= 4 is 23.6 Å². The monoisotopic (exact) mass is 512 g/mol. The van der Waals surface area contributed by atoms with Crippen molar-refractivity contribution in [3.05, 3.63) is 58.9 Å². The standard InChI is InChI=1S/C27H30F2N4O4/c1-14(10-18-13-33(25(36)15(18)2)21-8-9-22(34)32-24(21)35)12-30-26(37)27(28,29)23-17-4-3-5-20(31-23)19(11-17)16-6-7-16/h10-11,16,21,23,31H,1-9,12-13H2,(H,30,37)(H,32,34,35)/b18-10-. The third kappa shape index (κ3) is 4.76. The molecule has 4 amide bonds. The number of nitrogens with zero attached hydrogens (tertiary/aromatic N) is 1. The Hall–Kier alpha value is -3.56. The smallest absolute Gasteiger partial charge is 0.347 e. The average molecular weight is 513 g/mol. The van der Waals surface area contributed by atoms with Gasteiger partial charge in [-0.25, -0.2) is 0 Å². The first-order chi connectivity index (χ1) is 17.6. The Bertz CT molecular complexity index is 1210. The molecule has 0 spiro atoms. The van der Waals surface area contributed by atoms with E-state index in [1.807, 2.05) is 6.08 Å². The maximum absolute atomic E-state index is 15.3. The van der Waals surface area contributed by atoms with E-state index in [1.54, 1.807) is 0 Å². The number of piperidine rings is 1. The highest BCUT2D eigenvalue weighted by molar-refractivity contribution is 6.06. The zero-order chi connectivity index (χ0) is 26.5. The first-order valence-corrected chi connectivity index (χ1v) is 12.6. The number of hydrogen-bond acceptors (Lipinski definition) is 5. The summed E-state index contributed by atoms with van der Waals surface area (Å²) in [5.74, 6) is -5.96. The fourth-order valence-corrected chi connectivity index (χ4v) is 5.47. The van der Waals surface area contributed by atoms with Crippen LogP contribution in [0.2, 0.25) is 0 Å². The minimum atomic E-state index is -3.65. The van der Waals surface area contributed by atoms with E-state index in [2.05, 4.69) is 29.1 Å². The molecule has 1 saturated carbocycles. The fraction of sp³-hybridized carbons (Fsp3) is 0.481. The molecule has 6 aliphatic rings. The number of fused-ring (bicyclic) bond motifs is 4. The molecule has 0 aromatic heterocycles. The summed E-state index contributed by atoms with van der Waals surface area (Å²) in [5, 5.41) is 7.48. The van der Waals surface area contributed by atoms with Crippen LogP contribution < -0.4 is 16.0 Å². The quantitative estimate of drug-likeness (QED) is 0.358. The molecule has 196 valence electrons. The molecule has 0 aromatic carbocycles. The molecule has 2 atom stereocenters. The van der Waals surface area contributed by atoms with E-state index in [4.69, 9.17) is 0 Å². The molecule has 2 bridgehead atoms. The number of dihydropyridines is 1. The number of alkyl halides is 2. The van der Waals surface area contributed by atoms with Gasteiger partial charge in [0.1, 0.15) is 12.1 Å². The molecule has 4 aliphatic heterocycles. The summed E-state index contributed by atoms with van der Waals surface area (Å²) in [6, 6.07) is -2.15. The molecular weight excluding hydrogens is 482 g/mol. The van der Waals surface area contributed by atoms with Crippen molar-refractivity contribution in [3.8, 4) is 0 Å². The van der Waals surface area contributed by atoms with Gasteiger partial charge in [0, 0.05) is 30.8 Å². The number of carbonyl (C=O) groups is 4. The van der Waals surface area contributed by atoms with Crippen molar-refractivity contribution in [1.29, 1.82) is 0 Å². The lowest BCUT2D eigenvalue weighted by Crippen LogP contribution is -2.55. The third-order valence-electron chi connectivity index (χ3n) is 7.64. The van der Waals surface area contributed by atoms with Gasteiger partial charge in [-0.3, -0.25) is 24.5 Å². The van der Waals surface area contributed by atoms with E-state index in [-0.39, 0.29) is 37.4 Å². The average Bonchev–Trinajstić information content (AvgIpc) is 3.69. The van der Waals surface area contributed by atoms with Crippen LogP contribution in [-0.4, -0.2) is 59.6 Å². The number of hydrogen-bond donors (Lipinski definition) is 3. The molecule has 3 N–H and O–H groups in total. The number of carbonyl (C=O) groups excluding carboxylic acids is 4. The van der Waals surface area contributed by atoms with Crippen LogP contribution in [0.3, 0.4) is 0 Å². The molecule has 8 nitrogen and oxygen atoms in total. The van der Waals surface area contributed by atoms with E-state index in [1.165, 1.54) is 11.0 Å². The number of likely N-dealkylation sites (tertiary alicyclic amines) is 1. The van der Waals surface area contributed by atoms with Gasteiger partial charge in [-0.05, 0) is 66.7 Å². The van der Waals surface area contributed by atoms with Gasteiger partial charge in [-0.1, -0.05) is 25.3 Å². The number of allylic oxidation sites excluding steroid dienone is 3. The second-order valence-corrected chi connectivity index (χ2v) is 10.4. The van der Waals surface area contributed by atoms with Crippen molar-refractivity contribution in [2.75, 3.05) is 13.1 Å². The van der Waals surface area contributed by atoms with Gasteiger partial charge in [0.25, 0.3) is 11.8 Å². The Kier molecular flexibility index (Phi) is 6.37. The number of amides is 4. The predicted molar refractivity (Wildman–Crippen MR) is 131 cm³/mol. The first kappa shape index (κ1) is 25.1. The van der Waals surface area contributed by atoms with E-state index in [0.717, 1.165) is 30.5 Å². The lowest BCUT2D eigenvalue weighted by molar-refractivity contribution is -0.148. The van der Waals surface area contributed by atoms with Gasteiger partial charge in [-0.2, -0.15) is 8.78 Å². The molecule has 10 heteroatoms. The molecule has 0 radical (unpaired) electrons. The summed E-state index contributed by atoms with van der Waals surface area (Å²) in [6.07, 6.45) is 7.91. The van der Waals surface area contributed by atoms with Crippen LogP contribution in [0.25, 0.3) is 0 Å². The van der Waals surface area contributed by atoms with Crippen molar-refractivity contribution < 1.29 is 28.0 Å². The molecule has 4 fully saturated rings. The second-order valence-electron chi connectivity index (χ2n) is 10.4. The molecular formula is C27H30F2N4O4. The molecule has 0 aromatic rings. The summed E-state index contributed by atoms with van der Waals surface area (Å²) in [7, 11) is 0. The van der Waals surface area contributed by atoms with Crippen molar-refractivity contribution in [3.63, 3.8) is 0 Å². The summed E-state index contributed by atoms with van der Waals surface area (Å²) < 4.78 is 30.5. The largest absolute Gasteiger partial charge is 0.376 e.